The van der Waals surface area contributed by atoms with Crippen LogP contribution in [0.5, 0.6) is 5.75 Å². The number of aryl methyl sites for hydroxylation is 1. The molecule has 0 aliphatic rings. The first-order valence-electron chi connectivity index (χ1n) is 10.5. The third-order valence-electron chi connectivity index (χ3n) is 4.11. The molecule has 7 nitrogen and oxygen atoms in total. The standard InChI is InChI=1S/C12H7Cl2NO2.C9H9ClO3.C4H10O.Na/c13-9-3-6-11(12(14)7-9)8-1-4-10(5-2-8)15(16)17;1-6-5-8(10)3-4-9(6)13-12-7(2)11;1-3-5-4-2;/h1-7H;3-5H,1-2H3;3-4H2,1-2H3;/q;;;+1. The van der Waals surface area contributed by atoms with Gasteiger partial charge in [0.1, 0.15) is 0 Å². The summed E-state index contributed by atoms with van der Waals surface area (Å²) in [5.74, 6) is -0.00560. The molecule has 0 fully saturated rings. The fourth-order valence-electron chi connectivity index (χ4n) is 2.50. The number of nitrogens with zero attached hydrogens (tertiary/aromatic N) is 1. The number of ether oxygens (including phenoxy) is 1. The molecule has 0 radical (unpaired) electrons. The van der Waals surface area contributed by atoms with E-state index in [2.05, 4.69) is 4.89 Å². The largest absolute Gasteiger partial charge is 1.00 e. The molecule has 0 heterocycles. The third kappa shape index (κ3) is 12.9. The second kappa shape index (κ2) is 18.4. The number of carbonyl (C=O) groups is 1. The van der Waals surface area contributed by atoms with Crippen LogP contribution in [0.3, 0.4) is 0 Å². The summed E-state index contributed by atoms with van der Waals surface area (Å²) < 4.78 is 4.83. The zero-order valence-corrected chi connectivity index (χ0v) is 25.0. The molecule has 0 atom stereocenters. The van der Waals surface area contributed by atoms with Crippen LogP contribution in [0.25, 0.3) is 11.1 Å². The number of halogens is 3. The van der Waals surface area contributed by atoms with Crippen LogP contribution in [0, 0.1) is 17.0 Å². The van der Waals surface area contributed by atoms with E-state index in [1.165, 1.54) is 19.1 Å². The van der Waals surface area contributed by atoms with Crippen molar-refractivity contribution in [3.05, 3.63) is 91.4 Å². The van der Waals surface area contributed by atoms with E-state index in [0.717, 1.165) is 29.9 Å². The van der Waals surface area contributed by atoms with E-state index in [-0.39, 0.29) is 35.2 Å². The Labute approximate surface area is 248 Å². The molecule has 0 amide bonds. The molecule has 0 spiro atoms. The number of carbonyl (C=O) groups excluding carboxylic acids is 1. The molecule has 0 saturated heterocycles. The van der Waals surface area contributed by atoms with Crippen molar-refractivity contribution in [2.24, 2.45) is 0 Å². The summed E-state index contributed by atoms with van der Waals surface area (Å²) in [4.78, 5) is 29.6. The molecule has 0 bridgehead atoms. The molecule has 0 aliphatic carbocycles. The van der Waals surface area contributed by atoms with Crippen molar-refractivity contribution >= 4 is 46.5 Å². The molecular formula is C25H26Cl3NNaO6+. The maximum Gasteiger partial charge on any atom is 1.00 e. The molecule has 0 saturated carbocycles. The van der Waals surface area contributed by atoms with Gasteiger partial charge in [-0.25, -0.2) is 4.79 Å². The van der Waals surface area contributed by atoms with Crippen LogP contribution < -0.4 is 34.4 Å². The number of non-ortho nitro benzene ring substituents is 1. The normalized spacial score (nSPS) is 9.42. The first-order valence-corrected chi connectivity index (χ1v) is 11.6. The van der Waals surface area contributed by atoms with Gasteiger partial charge in [0.25, 0.3) is 5.69 Å². The molecule has 11 heteroatoms. The van der Waals surface area contributed by atoms with Crippen LogP contribution in [0.1, 0.15) is 26.3 Å². The van der Waals surface area contributed by atoms with Gasteiger partial charge in [-0.1, -0.05) is 40.9 Å². The third-order valence-corrected chi connectivity index (χ3v) is 4.90. The van der Waals surface area contributed by atoms with Crippen molar-refractivity contribution in [1.82, 2.24) is 0 Å². The van der Waals surface area contributed by atoms with Crippen LogP contribution in [-0.2, 0) is 14.4 Å². The van der Waals surface area contributed by atoms with Gasteiger partial charge in [0.15, 0.2) is 5.75 Å². The summed E-state index contributed by atoms with van der Waals surface area (Å²) in [5, 5.41) is 12.2. The van der Waals surface area contributed by atoms with E-state index in [1.807, 2.05) is 20.8 Å². The van der Waals surface area contributed by atoms with Crippen molar-refractivity contribution in [3.63, 3.8) is 0 Å². The van der Waals surface area contributed by atoms with Crippen molar-refractivity contribution in [1.29, 1.82) is 0 Å². The fourth-order valence-corrected chi connectivity index (χ4v) is 3.24. The zero-order chi connectivity index (χ0) is 26.4. The first kappa shape index (κ1) is 34.2. The Kier molecular flexibility index (Phi) is 17.5. The minimum absolute atomic E-state index is 0. The Morgan fingerprint density at radius 2 is 1.47 bits per heavy atom. The molecule has 0 aliphatic heterocycles. The van der Waals surface area contributed by atoms with E-state index < -0.39 is 10.9 Å². The molecule has 0 unspecified atom stereocenters. The number of nitro benzene ring substituents is 1. The Bertz CT molecular complexity index is 1110. The minimum atomic E-state index is -0.491. The monoisotopic (exact) mass is 564 g/mol. The molecule has 0 aromatic heterocycles. The molecule has 36 heavy (non-hydrogen) atoms. The zero-order valence-electron chi connectivity index (χ0n) is 20.7. The maximum absolute atomic E-state index is 10.5. The van der Waals surface area contributed by atoms with Gasteiger partial charge in [-0.3, -0.25) is 19.9 Å². The van der Waals surface area contributed by atoms with Crippen molar-refractivity contribution in [2.75, 3.05) is 13.2 Å². The summed E-state index contributed by atoms with van der Waals surface area (Å²) >= 11 is 17.6. The average molecular weight is 566 g/mol. The Balaban J connectivity index is 0.000000575. The quantitative estimate of drug-likeness (QED) is 0.178. The molecule has 3 aromatic rings. The van der Waals surface area contributed by atoms with Gasteiger partial charge >= 0.3 is 35.5 Å². The number of hydrogen-bond donors (Lipinski definition) is 0. The van der Waals surface area contributed by atoms with E-state index in [4.69, 9.17) is 44.4 Å². The summed E-state index contributed by atoms with van der Waals surface area (Å²) in [6.07, 6.45) is 0. The molecule has 3 rings (SSSR count). The first-order chi connectivity index (χ1) is 16.6. The van der Waals surface area contributed by atoms with Gasteiger partial charge in [0.2, 0.25) is 0 Å². The molecule has 188 valence electrons. The number of nitro groups is 1. The predicted octanol–water partition coefficient (Wildman–Crippen LogP) is 5.12. The van der Waals surface area contributed by atoms with Gasteiger partial charge < -0.3 is 4.74 Å². The fraction of sp³-hybridized carbons (Fsp3) is 0.240. The SMILES string of the molecule is CC(=O)OOc1ccc(Cl)cc1C.CCOCC.O=[N+]([O-])c1ccc(-c2ccc(Cl)cc2Cl)cc1.[Na+]. The maximum atomic E-state index is 10.5. The number of benzene rings is 3. The van der Waals surface area contributed by atoms with Crippen LogP contribution in [0.4, 0.5) is 5.69 Å². The van der Waals surface area contributed by atoms with Crippen LogP contribution >= 0.6 is 34.8 Å². The summed E-state index contributed by atoms with van der Waals surface area (Å²) in [6.45, 7) is 8.75. The Morgan fingerprint density at radius 1 is 0.917 bits per heavy atom. The van der Waals surface area contributed by atoms with E-state index in [1.54, 1.807) is 48.5 Å². The van der Waals surface area contributed by atoms with E-state index >= 15 is 0 Å². The second-order valence-corrected chi connectivity index (χ2v) is 8.06. The van der Waals surface area contributed by atoms with Crippen molar-refractivity contribution in [3.8, 4) is 16.9 Å². The molecule has 3 aromatic carbocycles. The summed E-state index contributed by atoms with van der Waals surface area (Å²) in [6, 6.07) is 16.4. The topological polar surface area (TPSA) is 87.9 Å². The van der Waals surface area contributed by atoms with Gasteiger partial charge in [-0.2, -0.15) is 0 Å². The molecular weight excluding hydrogens is 540 g/mol. The van der Waals surface area contributed by atoms with Gasteiger partial charge in [0.05, 0.1) is 4.92 Å². The van der Waals surface area contributed by atoms with Crippen molar-refractivity contribution in [2.45, 2.75) is 27.7 Å². The van der Waals surface area contributed by atoms with Crippen LogP contribution in [-0.4, -0.2) is 24.1 Å². The van der Waals surface area contributed by atoms with Crippen LogP contribution in [0.2, 0.25) is 15.1 Å². The van der Waals surface area contributed by atoms with Crippen LogP contribution in [0.15, 0.2) is 60.7 Å². The summed E-state index contributed by atoms with van der Waals surface area (Å²) in [7, 11) is 0. The second-order valence-electron chi connectivity index (χ2n) is 6.78. The Hall–Kier alpha value is -1.84. The predicted molar refractivity (Wildman–Crippen MR) is 139 cm³/mol. The average Bonchev–Trinajstić information content (AvgIpc) is 2.80. The smallest absolute Gasteiger partial charge is 0.382 e. The summed E-state index contributed by atoms with van der Waals surface area (Å²) in [5.41, 5.74) is 2.48. The number of hydrogen-bond acceptors (Lipinski definition) is 6. The van der Waals surface area contributed by atoms with Crippen molar-refractivity contribution < 1.29 is 53.8 Å². The number of rotatable bonds is 6. The van der Waals surface area contributed by atoms with Gasteiger partial charge in [-0.05, 0) is 74.4 Å². The molecule has 0 N–H and O–H groups in total. The Morgan fingerprint density at radius 3 is 1.92 bits per heavy atom. The van der Waals surface area contributed by atoms with Gasteiger partial charge in [-0.15, -0.1) is 0 Å². The minimum Gasteiger partial charge on any atom is -0.382 e. The van der Waals surface area contributed by atoms with Gasteiger partial charge in [0, 0.05) is 52.9 Å². The van der Waals surface area contributed by atoms with E-state index in [9.17, 15) is 14.9 Å². The van der Waals surface area contributed by atoms with E-state index in [0.29, 0.717) is 20.8 Å².